The number of nitrogens with zero attached hydrogens (tertiary/aromatic N) is 1. The Kier molecular flexibility index (Phi) is 4.83. The van der Waals surface area contributed by atoms with Crippen LogP contribution in [0.25, 0.3) is 0 Å². The molecule has 1 aliphatic rings. The number of rotatable bonds is 4. The fourth-order valence-corrected chi connectivity index (χ4v) is 2.45. The van der Waals surface area contributed by atoms with E-state index in [1.54, 1.807) is 12.4 Å². The Balaban J connectivity index is 1.69. The maximum atomic E-state index is 11.7. The van der Waals surface area contributed by atoms with Crippen molar-refractivity contribution in [2.24, 2.45) is 0 Å². The Morgan fingerprint density at radius 3 is 2.48 bits per heavy atom. The zero-order valence-corrected chi connectivity index (χ0v) is 13.2. The number of nitrogens with one attached hydrogen (secondary N) is 2. The number of hydrogen-bond acceptors (Lipinski definition) is 4. The molecule has 1 aliphatic carbocycles. The second kappa shape index (κ2) is 6.43. The summed E-state index contributed by atoms with van der Waals surface area (Å²) in [7, 11) is 0. The van der Waals surface area contributed by atoms with E-state index in [1.807, 2.05) is 32.9 Å². The predicted octanol–water partition coefficient (Wildman–Crippen LogP) is 2.79. The summed E-state index contributed by atoms with van der Waals surface area (Å²) >= 11 is 0. The first-order chi connectivity index (χ1) is 9.83. The Bertz CT molecular complexity index is 464. The van der Waals surface area contributed by atoms with Gasteiger partial charge in [0.15, 0.2) is 0 Å². The third-order valence-corrected chi connectivity index (χ3v) is 3.55. The highest BCUT2D eigenvalue weighted by molar-refractivity contribution is 5.68. The van der Waals surface area contributed by atoms with Gasteiger partial charge in [-0.25, -0.2) is 4.79 Å². The van der Waals surface area contributed by atoms with Gasteiger partial charge < -0.3 is 15.4 Å². The summed E-state index contributed by atoms with van der Waals surface area (Å²) in [4.78, 5) is 15.7. The molecule has 0 spiro atoms. The predicted molar refractivity (Wildman–Crippen MR) is 82.0 cm³/mol. The zero-order chi connectivity index (χ0) is 15.5. The van der Waals surface area contributed by atoms with Crippen LogP contribution in [-0.2, 0) is 4.74 Å². The topological polar surface area (TPSA) is 63.2 Å². The molecule has 1 atom stereocenters. The number of amides is 1. The van der Waals surface area contributed by atoms with Gasteiger partial charge in [-0.05, 0) is 58.2 Å². The minimum atomic E-state index is -0.443. The van der Waals surface area contributed by atoms with Crippen LogP contribution < -0.4 is 10.6 Å². The average Bonchev–Trinajstić information content (AvgIpc) is 2.35. The van der Waals surface area contributed by atoms with Crippen LogP contribution in [0.4, 0.5) is 4.79 Å². The standard InChI is InChI=1S/C16H25N3O2/c1-11(12-5-7-17-8-6-12)18-13-9-14(10-13)19-15(20)21-16(2,3)4/h5-8,11,13-14,18H,9-10H2,1-4H3,(H,19,20). The van der Waals surface area contributed by atoms with Crippen molar-refractivity contribution in [3.8, 4) is 0 Å². The fourth-order valence-electron chi connectivity index (χ4n) is 2.45. The summed E-state index contributed by atoms with van der Waals surface area (Å²) in [6, 6.07) is 4.98. The van der Waals surface area contributed by atoms with Crippen LogP contribution in [0.5, 0.6) is 0 Å². The van der Waals surface area contributed by atoms with Crippen LogP contribution in [0.15, 0.2) is 24.5 Å². The lowest BCUT2D eigenvalue weighted by Crippen LogP contribution is -2.53. The molecule has 0 saturated heterocycles. The van der Waals surface area contributed by atoms with E-state index in [0.717, 1.165) is 12.8 Å². The lowest BCUT2D eigenvalue weighted by molar-refractivity contribution is 0.0463. The molecule has 0 radical (unpaired) electrons. The van der Waals surface area contributed by atoms with Crippen molar-refractivity contribution in [1.82, 2.24) is 15.6 Å². The summed E-state index contributed by atoms with van der Waals surface area (Å²) in [5.41, 5.74) is 0.787. The Morgan fingerprint density at radius 1 is 1.29 bits per heavy atom. The first-order valence-corrected chi connectivity index (χ1v) is 7.49. The van der Waals surface area contributed by atoms with Gasteiger partial charge >= 0.3 is 6.09 Å². The van der Waals surface area contributed by atoms with Gasteiger partial charge in [-0.1, -0.05) is 0 Å². The van der Waals surface area contributed by atoms with Crippen LogP contribution in [0.1, 0.15) is 52.1 Å². The normalized spacial score (nSPS) is 23.0. The number of pyridine rings is 1. The van der Waals surface area contributed by atoms with Crippen molar-refractivity contribution >= 4 is 6.09 Å². The maximum absolute atomic E-state index is 11.7. The molecule has 116 valence electrons. The van der Waals surface area contributed by atoms with Crippen LogP contribution >= 0.6 is 0 Å². The highest BCUT2D eigenvalue weighted by atomic mass is 16.6. The van der Waals surface area contributed by atoms with Crippen molar-refractivity contribution in [2.75, 3.05) is 0 Å². The second-order valence-corrected chi connectivity index (χ2v) is 6.68. The van der Waals surface area contributed by atoms with Crippen LogP contribution in [-0.4, -0.2) is 28.8 Å². The van der Waals surface area contributed by atoms with Gasteiger partial charge in [-0.15, -0.1) is 0 Å². The van der Waals surface area contributed by atoms with Gasteiger partial charge in [0.05, 0.1) is 0 Å². The van der Waals surface area contributed by atoms with Crippen LogP contribution in [0.3, 0.4) is 0 Å². The van der Waals surface area contributed by atoms with E-state index >= 15 is 0 Å². The lowest BCUT2D eigenvalue weighted by atomic mass is 9.86. The third kappa shape index (κ3) is 5.01. The van der Waals surface area contributed by atoms with Gasteiger partial charge in [0.2, 0.25) is 0 Å². The molecule has 1 fully saturated rings. The molecule has 5 heteroatoms. The number of carbonyl (C=O) groups is 1. The van der Waals surface area contributed by atoms with E-state index in [1.165, 1.54) is 5.56 Å². The summed E-state index contributed by atoms with van der Waals surface area (Å²) < 4.78 is 5.25. The molecule has 2 N–H and O–H groups in total. The van der Waals surface area contributed by atoms with E-state index < -0.39 is 5.60 Å². The van der Waals surface area contributed by atoms with Crippen molar-refractivity contribution in [2.45, 2.75) is 64.3 Å². The lowest BCUT2D eigenvalue weighted by Gasteiger charge is -2.38. The van der Waals surface area contributed by atoms with E-state index in [4.69, 9.17) is 4.74 Å². The molecule has 1 saturated carbocycles. The molecule has 1 aromatic heterocycles. The highest BCUT2D eigenvalue weighted by Crippen LogP contribution is 2.24. The number of ether oxygens (including phenoxy) is 1. The maximum Gasteiger partial charge on any atom is 0.407 e. The summed E-state index contributed by atoms with van der Waals surface area (Å²) in [6.45, 7) is 7.75. The number of carbonyl (C=O) groups excluding carboxylic acids is 1. The molecule has 0 bridgehead atoms. The third-order valence-electron chi connectivity index (χ3n) is 3.55. The van der Waals surface area contributed by atoms with E-state index in [-0.39, 0.29) is 12.1 Å². The van der Waals surface area contributed by atoms with Crippen molar-refractivity contribution in [1.29, 1.82) is 0 Å². The molecular weight excluding hydrogens is 266 g/mol. The van der Waals surface area contributed by atoms with Crippen LogP contribution in [0.2, 0.25) is 0 Å². The molecule has 1 heterocycles. The largest absolute Gasteiger partial charge is 0.444 e. The second-order valence-electron chi connectivity index (χ2n) is 6.68. The minimum Gasteiger partial charge on any atom is -0.444 e. The SMILES string of the molecule is CC(NC1CC(NC(=O)OC(C)(C)C)C1)c1ccncc1. The summed E-state index contributed by atoms with van der Waals surface area (Å²) in [6.07, 6.45) is 5.17. The van der Waals surface area contributed by atoms with Gasteiger partial charge in [0, 0.05) is 30.5 Å². The first kappa shape index (κ1) is 15.8. The van der Waals surface area contributed by atoms with Gasteiger partial charge in [-0.3, -0.25) is 4.98 Å². The summed E-state index contributed by atoms with van der Waals surface area (Å²) in [5.74, 6) is 0. The molecule has 1 unspecified atom stereocenters. The molecule has 1 amide bonds. The fraction of sp³-hybridized carbons (Fsp3) is 0.625. The monoisotopic (exact) mass is 291 g/mol. The highest BCUT2D eigenvalue weighted by Gasteiger charge is 2.32. The molecule has 0 aromatic carbocycles. The number of aromatic nitrogens is 1. The van der Waals surface area contributed by atoms with Gasteiger partial charge in [0.25, 0.3) is 0 Å². The van der Waals surface area contributed by atoms with Crippen molar-refractivity contribution in [3.05, 3.63) is 30.1 Å². The molecule has 5 nitrogen and oxygen atoms in total. The van der Waals surface area contributed by atoms with E-state index in [9.17, 15) is 4.79 Å². The van der Waals surface area contributed by atoms with E-state index in [2.05, 4.69) is 22.5 Å². The summed E-state index contributed by atoms with van der Waals surface area (Å²) in [5, 5.41) is 6.47. The molecule has 0 aliphatic heterocycles. The molecule has 21 heavy (non-hydrogen) atoms. The van der Waals surface area contributed by atoms with Crippen molar-refractivity contribution in [3.63, 3.8) is 0 Å². The first-order valence-electron chi connectivity index (χ1n) is 7.49. The Morgan fingerprint density at radius 2 is 1.90 bits per heavy atom. The molecular formula is C16H25N3O2. The minimum absolute atomic E-state index is 0.210. The van der Waals surface area contributed by atoms with Gasteiger partial charge in [0.1, 0.15) is 5.60 Å². The van der Waals surface area contributed by atoms with Crippen molar-refractivity contribution < 1.29 is 9.53 Å². The average molecular weight is 291 g/mol. The zero-order valence-electron chi connectivity index (χ0n) is 13.2. The Hall–Kier alpha value is -1.62. The smallest absolute Gasteiger partial charge is 0.407 e. The van der Waals surface area contributed by atoms with Gasteiger partial charge in [-0.2, -0.15) is 0 Å². The Labute approximate surface area is 126 Å². The number of hydrogen-bond donors (Lipinski definition) is 2. The molecule has 2 rings (SSSR count). The van der Waals surface area contributed by atoms with E-state index in [0.29, 0.717) is 12.1 Å². The van der Waals surface area contributed by atoms with Crippen LogP contribution in [0, 0.1) is 0 Å². The molecule has 1 aromatic rings. The quantitative estimate of drug-likeness (QED) is 0.895. The number of alkyl carbamates (subject to hydrolysis) is 1.